The maximum Gasteiger partial charge on any atom is 0.342 e. The third-order valence-corrected chi connectivity index (χ3v) is 5.29. The number of nitrogens with one attached hydrogen (secondary N) is 1. The molecule has 1 fully saturated rings. The molecule has 154 valence electrons. The van der Waals surface area contributed by atoms with E-state index in [-0.39, 0.29) is 17.6 Å². The molecule has 0 unspecified atom stereocenters. The minimum atomic E-state index is -0.452. The average Bonchev–Trinajstić information content (AvgIpc) is 2.95. The Morgan fingerprint density at radius 2 is 1.96 bits per heavy atom. The highest BCUT2D eigenvalue weighted by Gasteiger charge is 2.37. The summed E-state index contributed by atoms with van der Waals surface area (Å²) in [4.78, 5) is 31.9. The number of carbonyl (C=O) groups is 2. The van der Waals surface area contributed by atoms with Crippen LogP contribution < -0.4 is 0 Å². The Balaban J connectivity index is 1.95. The molecule has 0 atom stereocenters. The van der Waals surface area contributed by atoms with Gasteiger partial charge in [-0.2, -0.15) is 5.10 Å². The van der Waals surface area contributed by atoms with E-state index in [9.17, 15) is 9.59 Å². The van der Waals surface area contributed by atoms with E-state index in [0.717, 1.165) is 25.1 Å². The second-order valence-corrected chi connectivity index (χ2v) is 8.59. The molecule has 8 heteroatoms. The van der Waals surface area contributed by atoms with Gasteiger partial charge >= 0.3 is 12.0 Å². The highest BCUT2D eigenvalue weighted by Crippen LogP contribution is 2.34. The summed E-state index contributed by atoms with van der Waals surface area (Å²) in [6.07, 6.45) is 4.06. The van der Waals surface area contributed by atoms with E-state index in [4.69, 9.17) is 4.74 Å². The average molecular weight is 390 g/mol. The van der Waals surface area contributed by atoms with Gasteiger partial charge in [-0.05, 0) is 33.9 Å². The summed E-state index contributed by atoms with van der Waals surface area (Å²) in [5.41, 5.74) is 1.51. The maximum absolute atomic E-state index is 13.3. The van der Waals surface area contributed by atoms with Crippen LogP contribution in [0, 0.1) is 0 Å². The molecule has 0 aliphatic carbocycles. The fraction of sp³-hybridized carbons (Fsp3) is 0.650. The number of rotatable bonds is 2. The summed E-state index contributed by atoms with van der Waals surface area (Å²) in [7, 11) is 2.07. The lowest BCUT2D eigenvalue weighted by Crippen LogP contribution is -2.46. The summed E-state index contributed by atoms with van der Waals surface area (Å²) in [6, 6.07) is -0.0728. The van der Waals surface area contributed by atoms with Crippen LogP contribution in [0.5, 0.6) is 0 Å². The SMILES string of the molecule is CC(C)OC(=O)C1=CN(C(=O)N2CCCN(C)CC2)CC(C)(C)c2cn[nH]c21. The normalized spacial score (nSPS) is 20.3. The first-order chi connectivity index (χ1) is 13.2. The molecule has 28 heavy (non-hydrogen) atoms. The molecule has 0 radical (unpaired) electrons. The van der Waals surface area contributed by atoms with Gasteiger partial charge in [-0.3, -0.25) is 10.00 Å². The number of urea groups is 1. The number of esters is 1. The molecule has 0 saturated carbocycles. The molecule has 1 aromatic rings. The van der Waals surface area contributed by atoms with E-state index < -0.39 is 5.97 Å². The van der Waals surface area contributed by atoms with Crippen molar-refractivity contribution in [2.75, 3.05) is 39.8 Å². The first kappa shape index (κ1) is 20.4. The monoisotopic (exact) mass is 389 g/mol. The Morgan fingerprint density at radius 1 is 1.21 bits per heavy atom. The Bertz CT molecular complexity index is 768. The molecule has 1 saturated heterocycles. The van der Waals surface area contributed by atoms with Crippen LogP contribution in [0.1, 0.15) is 45.4 Å². The quantitative estimate of drug-likeness (QED) is 0.783. The highest BCUT2D eigenvalue weighted by molar-refractivity contribution is 6.16. The third-order valence-electron chi connectivity index (χ3n) is 5.29. The molecular weight excluding hydrogens is 358 g/mol. The number of hydrogen-bond acceptors (Lipinski definition) is 5. The van der Waals surface area contributed by atoms with E-state index in [0.29, 0.717) is 30.9 Å². The van der Waals surface area contributed by atoms with E-state index in [1.54, 1.807) is 17.3 Å². The van der Waals surface area contributed by atoms with Crippen molar-refractivity contribution in [2.24, 2.45) is 0 Å². The van der Waals surface area contributed by atoms with Crippen molar-refractivity contribution >= 4 is 17.6 Å². The number of ether oxygens (including phenoxy) is 1. The van der Waals surface area contributed by atoms with Gasteiger partial charge in [0.25, 0.3) is 0 Å². The summed E-state index contributed by atoms with van der Waals surface area (Å²) < 4.78 is 5.43. The second-order valence-electron chi connectivity index (χ2n) is 8.59. The van der Waals surface area contributed by atoms with Crippen LogP contribution in [0.25, 0.3) is 5.57 Å². The van der Waals surface area contributed by atoms with Crippen LogP contribution in [0.2, 0.25) is 0 Å². The van der Waals surface area contributed by atoms with Crippen LogP contribution in [-0.2, 0) is 14.9 Å². The van der Waals surface area contributed by atoms with Gasteiger partial charge in [-0.15, -0.1) is 0 Å². The first-order valence-electron chi connectivity index (χ1n) is 9.90. The second kappa shape index (κ2) is 7.95. The smallest absolute Gasteiger partial charge is 0.342 e. The van der Waals surface area contributed by atoms with Crippen LogP contribution in [0.15, 0.2) is 12.4 Å². The van der Waals surface area contributed by atoms with Crippen molar-refractivity contribution in [3.05, 3.63) is 23.7 Å². The van der Waals surface area contributed by atoms with Crippen LogP contribution in [0.4, 0.5) is 4.79 Å². The maximum atomic E-state index is 13.3. The number of aromatic nitrogens is 2. The zero-order chi connectivity index (χ0) is 20.5. The molecule has 0 spiro atoms. The zero-order valence-corrected chi connectivity index (χ0v) is 17.5. The molecule has 2 aliphatic rings. The van der Waals surface area contributed by atoms with Crippen LogP contribution in [0.3, 0.4) is 0 Å². The summed E-state index contributed by atoms with van der Waals surface area (Å²) in [5.74, 6) is -0.452. The Labute approximate surface area is 166 Å². The largest absolute Gasteiger partial charge is 0.459 e. The lowest BCUT2D eigenvalue weighted by molar-refractivity contribution is -0.140. The fourth-order valence-electron chi connectivity index (χ4n) is 3.76. The number of fused-ring (bicyclic) bond motifs is 1. The topological polar surface area (TPSA) is 81.8 Å². The number of amides is 2. The molecule has 0 aromatic carbocycles. The summed E-state index contributed by atoms with van der Waals surface area (Å²) in [6.45, 7) is 11.4. The lowest BCUT2D eigenvalue weighted by Gasteiger charge is -2.32. The fourth-order valence-corrected chi connectivity index (χ4v) is 3.76. The van der Waals surface area contributed by atoms with Crippen LogP contribution in [-0.4, -0.2) is 82.8 Å². The number of hydrogen-bond donors (Lipinski definition) is 1. The first-order valence-corrected chi connectivity index (χ1v) is 9.90. The highest BCUT2D eigenvalue weighted by atomic mass is 16.5. The van der Waals surface area contributed by atoms with Crippen molar-refractivity contribution in [3.8, 4) is 0 Å². The van der Waals surface area contributed by atoms with Gasteiger partial charge < -0.3 is 14.5 Å². The predicted molar refractivity (Wildman–Crippen MR) is 107 cm³/mol. The Morgan fingerprint density at radius 3 is 2.68 bits per heavy atom. The number of H-pyrrole nitrogens is 1. The van der Waals surface area contributed by atoms with E-state index in [1.807, 2.05) is 18.7 Å². The number of aromatic amines is 1. The van der Waals surface area contributed by atoms with Gasteiger partial charge in [-0.25, -0.2) is 9.59 Å². The molecule has 3 rings (SSSR count). The Hall–Kier alpha value is -2.35. The molecule has 3 heterocycles. The van der Waals surface area contributed by atoms with Crippen molar-refractivity contribution in [1.29, 1.82) is 0 Å². The predicted octanol–water partition coefficient (Wildman–Crippen LogP) is 2.05. The lowest BCUT2D eigenvalue weighted by atomic mass is 9.84. The molecule has 1 N–H and O–H groups in total. The zero-order valence-electron chi connectivity index (χ0n) is 17.5. The summed E-state index contributed by atoms with van der Waals surface area (Å²) >= 11 is 0. The molecule has 2 aliphatic heterocycles. The van der Waals surface area contributed by atoms with Gasteiger partial charge in [0.2, 0.25) is 0 Å². The molecule has 1 aromatic heterocycles. The van der Waals surface area contributed by atoms with Crippen molar-refractivity contribution in [1.82, 2.24) is 24.9 Å². The minimum absolute atomic E-state index is 0.0728. The number of nitrogens with zero attached hydrogens (tertiary/aromatic N) is 4. The molecule has 2 amide bonds. The van der Waals surface area contributed by atoms with Gasteiger partial charge in [-0.1, -0.05) is 13.8 Å². The molecule has 8 nitrogen and oxygen atoms in total. The van der Waals surface area contributed by atoms with E-state index in [1.165, 1.54) is 0 Å². The minimum Gasteiger partial charge on any atom is -0.459 e. The van der Waals surface area contributed by atoms with Crippen molar-refractivity contribution < 1.29 is 14.3 Å². The van der Waals surface area contributed by atoms with E-state index in [2.05, 4.69) is 36.0 Å². The van der Waals surface area contributed by atoms with Gasteiger partial charge in [0.1, 0.15) is 5.57 Å². The van der Waals surface area contributed by atoms with Gasteiger partial charge in [0, 0.05) is 43.4 Å². The number of carbonyl (C=O) groups excluding carboxylic acids is 2. The van der Waals surface area contributed by atoms with Gasteiger partial charge in [0.15, 0.2) is 0 Å². The van der Waals surface area contributed by atoms with Crippen LogP contribution >= 0.6 is 0 Å². The van der Waals surface area contributed by atoms with E-state index >= 15 is 0 Å². The third kappa shape index (κ3) is 4.22. The standard InChI is InChI=1S/C20H31N5O3/c1-14(2)28-18(26)15-12-25(13-20(3,4)16-11-21-22-17(15)16)19(27)24-8-6-7-23(5)9-10-24/h11-12,14H,6-10,13H2,1-5H3,(H,21,22). The van der Waals surface area contributed by atoms with Crippen molar-refractivity contribution in [3.63, 3.8) is 0 Å². The van der Waals surface area contributed by atoms with Gasteiger partial charge in [0.05, 0.1) is 18.0 Å². The molecular formula is C20H31N5O3. The molecule has 0 bridgehead atoms. The van der Waals surface area contributed by atoms with Crippen molar-refractivity contribution in [2.45, 2.75) is 45.6 Å². The number of likely N-dealkylation sites (N-methyl/N-ethyl adjacent to an activating group) is 1. The summed E-state index contributed by atoms with van der Waals surface area (Å²) in [5, 5.41) is 7.08. The Kier molecular flexibility index (Phi) is 5.79.